The Labute approximate surface area is 476 Å². The van der Waals surface area contributed by atoms with Gasteiger partial charge >= 0.3 is 5.97 Å². The van der Waals surface area contributed by atoms with Gasteiger partial charge in [0.1, 0.15) is 6.10 Å². The van der Waals surface area contributed by atoms with E-state index in [2.05, 4.69) is 5.32 Å². The fraction of sp³-hybridized carbons (Fsp3) is 0.710. The van der Waals surface area contributed by atoms with E-state index in [1.807, 2.05) is 56.3 Å². The minimum Gasteiger partial charge on any atom is -0.458 e. The van der Waals surface area contributed by atoms with Crippen LogP contribution in [0.1, 0.15) is 145 Å². The molecule has 0 fully saturated rings. The molecule has 0 saturated carbocycles. The Bertz CT molecular complexity index is 2050. The second-order valence-electron chi connectivity index (χ2n) is 23.3. The van der Waals surface area contributed by atoms with Crippen molar-refractivity contribution in [3.05, 3.63) is 95.6 Å². The largest absolute Gasteiger partial charge is 0.458 e. The van der Waals surface area contributed by atoms with Gasteiger partial charge < -0.3 is 81.5 Å². The summed E-state index contributed by atoms with van der Waals surface area (Å²) in [6.45, 7) is 15.4. The predicted molar refractivity (Wildman–Crippen MR) is 307 cm³/mol. The van der Waals surface area contributed by atoms with Gasteiger partial charge in [-0.1, -0.05) is 127 Å². The normalized spacial score (nSPS) is 39.4. The maximum absolute atomic E-state index is 13.6. The molecule has 18 heteroatoms. The van der Waals surface area contributed by atoms with Gasteiger partial charge in [0.2, 0.25) is 5.91 Å². The third kappa shape index (κ3) is 26.7. The number of aliphatic hydroxyl groups is 14. The SMILES string of the molecule is C/C1=C\CCC(C)C(O)C(C)C(O)CC/C=C/C(C)C(O)/C=C/C(C)C(O)/C(C)=C/C(O)C(O)CC(O)CC(O)CC(O)C(C)C(O)C(C)C(O)CC(O)CC(O)/C=C/CC(C(C)C(O)CCC(=O)NCc2ccccc2)OC1=O. The molecule has 1 aliphatic heterocycles. The van der Waals surface area contributed by atoms with Crippen molar-refractivity contribution in [3.8, 4) is 0 Å². The number of nitrogens with one attached hydrogen (secondary N) is 1. The summed E-state index contributed by atoms with van der Waals surface area (Å²) in [7, 11) is 0. The molecule has 1 heterocycles. The number of allylic oxidation sites excluding steroid dienone is 2. The first-order valence-corrected chi connectivity index (χ1v) is 28.9. The molecule has 15 N–H and O–H groups in total. The van der Waals surface area contributed by atoms with Gasteiger partial charge in [-0.2, -0.15) is 0 Å². The van der Waals surface area contributed by atoms with E-state index < -0.39 is 127 Å². The van der Waals surface area contributed by atoms with Gasteiger partial charge in [0.15, 0.2) is 0 Å². The van der Waals surface area contributed by atoms with Crippen molar-refractivity contribution < 1.29 is 85.8 Å². The number of cyclic esters (lactones) is 1. The van der Waals surface area contributed by atoms with Crippen LogP contribution in [0.4, 0.5) is 0 Å². The molecule has 22 unspecified atom stereocenters. The molecule has 1 aromatic carbocycles. The van der Waals surface area contributed by atoms with E-state index in [4.69, 9.17) is 4.74 Å². The van der Waals surface area contributed by atoms with Crippen molar-refractivity contribution in [1.82, 2.24) is 5.32 Å². The Kier molecular flexibility index (Phi) is 33.9. The fourth-order valence-electron chi connectivity index (χ4n) is 9.92. The summed E-state index contributed by atoms with van der Waals surface area (Å²) in [5.41, 5.74) is 1.53. The number of hydrogen-bond acceptors (Lipinski definition) is 17. The van der Waals surface area contributed by atoms with Crippen molar-refractivity contribution >= 4 is 11.9 Å². The quantitative estimate of drug-likeness (QED) is 0.136. The Balaban J connectivity index is 2.32. The zero-order valence-corrected chi connectivity index (χ0v) is 48.9. The van der Waals surface area contributed by atoms with Gasteiger partial charge in [-0.15, -0.1) is 0 Å². The third-order valence-electron chi connectivity index (χ3n) is 16.2. The van der Waals surface area contributed by atoms with Crippen LogP contribution in [0.25, 0.3) is 0 Å². The number of rotatable bonds is 7. The van der Waals surface area contributed by atoms with E-state index >= 15 is 0 Å². The van der Waals surface area contributed by atoms with Gasteiger partial charge in [0, 0.05) is 73.3 Å². The minimum atomic E-state index is -1.49. The molecule has 1 aromatic rings. The van der Waals surface area contributed by atoms with Crippen molar-refractivity contribution in [2.45, 2.75) is 237 Å². The molecule has 0 aliphatic carbocycles. The summed E-state index contributed by atoms with van der Waals surface area (Å²) in [6.07, 6.45) is -4.49. The van der Waals surface area contributed by atoms with Gasteiger partial charge in [0.25, 0.3) is 0 Å². The molecule has 2 rings (SSSR count). The number of carbonyl (C=O) groups is 2. The average molecular weight is 1130 g/mol. The van der Waals surface area contributed by atoms with Crippen LogP contribution in [0.15, 0.2) is 90.1 Å². The van der Waals surface area contributed by atoms with Gasteiger partial charge in [-0.05, 0) is 82.3 Å². The number of hydrogen-bond donors (Lipinski definition) is 15. The lowest BCUT2D eigenvalue weighted by Crippen LogP contribution is -2.41. The average Bonchev–Trinajstić information content (AvgIpc) is 3.41. The molecule has 0 spiro atoms. The second-order valence-corrected chi connectivity index (χ2v) is 23.3. The lowest BCUT2D eigenvalue weighted by Gasteiger charge is -2.33. The minimum absolute atomic E-state index is 0.00327. The molecule has 22 atom stereocenters. The Morgan fingerprint density at radius 1 is 0.637 bits per heavy atom. The first-order chi connectivity index (χ1) is 37.5. The van der Waals surface area contributed by atoms with E-state index in [-0.39, 0.29) is 74.7 Å². The van der Waals surface area contributed by atoms with Crippen LogP contribution in [-0.4, -0.2) is 175 Å². The van der Waals surface area contributed by atoms with Crippen molar-refractivity contribution in [2.75, 3.05) is 0 Å². The van der Waals surface area contributed by atoms with Gasteiger partial charge in [-0.3, -0.25) is 4.79 Å². The van der Waals surface area contributed by atoms with Gasteiger partial charge in [-0.25, -0.2) is 4.79 Å². The number of aliphatic hydroxyl groups excluding tert-OH is 14. The highest BCUT2D eigenvalue weighted by molar-refractivity contribution is 5.87. The summed E-state index contributed by atoms with van der Waals surface area (Å²) < 4.78 is 5.97. The highest BCUT2D eigenvalue weighted by Crippen LogP contribution is 2.28. The Morgan fingerprint density at radius 2 is 1.21 bits per heavy atom. The van der Waals surface area contributed by atoms with E-state index in [1.54, 1.807) is 58.9 Å². The van der Waals surface area contributed by atoms with E-state index in [0.29, 0.717) is 37.8 Å². The van der Waals surface area contributed by atoms with E-state index in [9.17, 15) is 81.1 Å². The molecular formula is C62H103NO17. The fourth-order valence-corrected chi connectivity index (χ4v) is 9.92. The van der Waals surface area contributed by atoms with Gasteiger partial charge in [0.05, 0.1) is 85.5 Å². The molecule has 458 valence electrons. The lowest BCUT2D eigenvalue weighted by atomic mass is 9.82. The van der Waals surface area contributed by atoms with Crippen LogP contribution in [0.2, 0.25) is 0 Å². The van der Waals surface area contributed by atoms with Crippen LogP contribution in [0.3, 0.4) is 0 Å². The van der Waals surface area contributed by atoms with Crippen molar-refractivity contribution in [3.63, 3.8) is 0 Å². The van der Waals surface area contributed by atoms with Crippen molar-refractivity contribution in [1.29, 1.82) is 0 Å². The second kappa shape index (κ2) is 37.5. The van der Waals surface area contributed by atoms with E-state index in [1.165, 1.54) is 26.0 Å². The standard InChI is InChI=1S/C62H103NO17/c1-36-17-13-14-23-51(69)42(7)60(77)37(2)18-15-19-39(4)62(79)80-57(41(6)52(70)27-28-58(75)63-35-45-20-11-10-12-21-45)24-16-22-46(64)30-47(65)32-53(71)43(8)61(78)44(9)54(72)33-48(66)31-49(67)34-56(74)55(73)29-40(5)59(76)38(3)25-26-50(36)68/h10-13,16-17,19-22,25-26,29,36-38,41-44,46-57,59-61,64-74,76-78H,14-15,18,23-24,27-28,30-35H2,1-9H3,(H,63,75)/b17-13+,22-16+,26-25+,39-19+,40-29+. The number of ether oxygens (including phenoxy) is 1. The number of amides is 1. The molecular weight excluding hydrogens is 1030 g/mol. The molecule has 0 aromatic heterocycles. The summed E-state index contributed by atoms with van der Waals surface area (Å²) in [6, 6.07) is 9.36. The predicted octanol–water partition coefficient (Wildman–Crippen LogP) is 3.98. The van der Waals surface area contributed by atoms with Crippen LogP contribution in [0, 0.1) is 41.4 Å². The van der Waals surface area contributed by atoms with Crippen LogP contribution in [-0.2, 0) is 20.9 Å². The number of esters is 1. The maximum atomic E-state index is 13.6. The highest BCUT2D eigenvalue weighted by Gasteiger charge is 2.34. The molecule has 0 radical (unpaired) electrons. The van der Waals surface area contributed by atoms with Crippen LogP contribution in [0.5, 0.6) is 0 Å². The van der Waals surface area contributed by atoms with E-state index in [0.717, 1.165) is 5.56 Å². The Morgan fingerprint density at radius 3 is 1.82 bits per heavy atom. The number of benzene rings is 1. The molecule has 0 saturated heterocycles. The number of carbonyl (C=O) groups excluding carboxylic acids is 2. The topological polar surface area (TPSA) is 339 Å². The molecule has 1 amide bonds. The highest BCUT2D eigenvalue weighted by atomic mass is 16.5. The summed E-state index contributed by atoms with van der Waals surface area (Å²) in [4.78, 5) is 26.3. The van der Waals surface area contributed by atoms with Crippen LogP contribution >= 0.6 is 0 Å². The zero-order valence-electron chi connectivity index (χ0n) is 48.9. The molecule has 0 bridgehead atoms. The zero-order chi connectivity index (χ0) is 60.4. The monoisotopic (exact) mass is 1130 g/mol. The smallest absolute Gasteiger partial charge is 0.333 e. The first kappa shape index (κ1) is 72.4. The Hall–Kier alpha value is -3.70. The summed E-state index contributed by atoms with van der Waals surface area (Å²) in [5, 5.41) is 156. The van der Waals surface area contributed by atoms with Crippen molar-refractivity contribution in [2.24, 2.45) is 41.4 Å². The molecule has 1 aliphatic rings. The first-order valence-electron chi connectivity index (χ1n) is 28.9. The summed E-state index contributed by atoms with van der Waals surface area (Å²) >= 11 is 0. The third-order valence-corrected chi connectivity index (χ3v) is 16.2. The lowest BCUT2D eigenvalue weighted by molar-refractivity contribution is -0.149. The summed E-state index contributed by atoms with van der Waals surface area (Å²) in [5.74, 6) is -4.96. The molecule has 18 nitrogen and oxygen atoms in total. The molecule has 80 heavy (non-hydrogen) atoms. The van der Waals surface area contributed by atoms with Crippen LogP contribution < -0.4 is 5.32 Å². The maximum Gasteiger partial charge on any atom is 0.333 e.